The van der Waals surface area contributed by atoms with Crippen LogP contribution in [0.1, 0.15) is 23.7 Å². The molecular weight excluding hydrogens is 476 g/mol. The van der Waals surface area contributed by atoms with Crippen LogP contribution in [0.2, 0.25) is 0 Å². The van der Waals surface area contributed by atoms with E-state index in [1.165, 1.54) is 0 Å². The zero-order valence-corrected chi connectivity index (χ0v) is 19.2. The van der Waals surface area contributed by atoms with Crippen molar-refractivity contribution in [2.75, 3.05) is 43.5 Å². The van der Waals surface area contributed by atoms with Gasteiger partial charge in [0.05, 0.1) is 18.5 Å². The third kappa shape index (κ3) is 5.06. The number of piperazine rings is 1. The number of carbonyl (C=O) groups excluding carboxylic acids is 2. The molecule has 0 aromatic heterocycles. The molecule has 0 bridgehead atoms. The second kappa shape index (κ2) is 10.7. The summed E-state index contributed by atoms with van der Waals surface area (Å²) < 4.78 is 60.6. The summed E-state index contributed by atoms with van der Waals surface area (Å²) >= 11 is 5.07. The van der Waals surface area contributed by atoms with Crippen LogP contribution in [0.4, 0.5) is 28.9 Å². The predicted octanol–water partition coefficient (Wildman–Crippen LogP) is 3.44. The fraction of sp³-hybridized carbons (Fsp3) is 0.318. The van der Waals surface area contributed by atoms with E-state index in [1.54, 1.807) is 36.1 Å². The van der Waals surface area contributed by atoms with Gasteiger partial charge in [0.2, 0.25) is 17.5 Å². The number of benzene rings is 2. The largest absolute Gasteiger partial charge is 0.491 e. The van der Waals surface area contributed by atoms with Gasteiger partial charge < -0.3 is 19.9 Å². The number of hydrogen-bond donors (Lipinski definition) is 2. The highest BCUT2D eigenvalue weighted by Gasteiger charge is 2.30. The van der Waals surface area contributed by atoms with Gasteiger partial charge in [-0.2, -0.15) is 8.78 Å². The van der Waals surface area contributed by atoms with E-state index >= 15 is 0 Å². The minimum absolute atomic E-state index is 0.0702. The van der Waals surface area contributed by atoms with Gasteiger partial charge in [0.25, 0.3) is 5.91 Å². The smallest absolute Gasteiger partial charge is 0.263 e. The number of anilines is 2. The Morgan fingerprint density at radius 1 is 1.00 bits per heavy atom. The van der Waals surface area contributed by atoms with Crippen LogP contribution in [0.5, 0.6) is 5.75 Å². The second-order valence-corrected chi connectivity index (χ2v) is 7.72. The number of nitrogens with zero attached hydrogens (tertiary/aromatic N) is 2. The van der Waals surface area contributed by atoms with Crippen molar-refractivity contribution in [2.45, 2.75) is 13.3 Å². The monoisotopic (exact) mass is 498 g/mol. The number of ether oxygens (including phenoxy) is 1. The van der Waals surface area contributed by atoms with Crippen molar-refractivity contribution < 1.29 is 31.9 Å². The lowest BCUT2D eigenvalue weighted by molar-refractivity contribution is -0.131. The van der Waals surface area contributed by atoms with Gasteiger partial charge in [0.15, 0.2) is 22.5 Å². The summed E-state index contributed by atoms with van der Waals surface area (Å²) in [7, 11) is 0.831. The Labute approximate surface area is 198 Å². The SMILES string of the molecule is CCC(=O)N1CCN(c2ccccc2NC(=S)NC(=O)c2c(F)c(F)c(OC)c(F)c2F)CC1. The highest BCUT2D eigenvalue weighted by Crippen LogP contribution is 2.30. The minimum atomic E-state index is -1.91. The number of hydrogen-bond acceptors (Lipinski definition) is 5. The lowest BCUT2D eigenvalue weighted by Gasteiger charge is -2.37. The summed E-state index contributed by atoms with van der Waals surface area (Å²) in [6.07, 6.45) is 0.426. The first-order valence-electron chi connectivity index (χ1n) is 10.3. The van der Waals surface area contributed by atoms with Crippen molar-refractivity contribution in [3.05, 3.63) is 53.1 Å². The van der Waals surface area contributed by atoms with Gasteiger partial charge in [0.1, 0.15) is 5.56 Å². The maximum absolute atomic E-state index is 14.2. The molecule has 0 atom stereocenters. The Hall–Kier alpha value is -3.41. The lowest BCUT2D eigenvalue weighted by atomic mass is 10.1. The number of para-hydroxylation sites is 2. The molecular formula is C22H22F4N4O3S. The van der Waals surface area contributed by atoms with Crippen LogP contribution in [0, 0.1) is 23.3 Å². The number of carbonyl (C=O) groups is 2. The van der Waals surface area contributed by atoms with Crippen molar-refractivity contribution in [1.82, 2.24) is 10.2 Å². The molecule has 0 unspecified atom stereocenters. The molecule has 1 saturated heterocycles. The second-order valence-electron chi connectivity index (χ2n) is 7.31. The van der Waals surface area contributed by atoms with Crippen molar-refractivity contribution in [2.24, 2.45) is 0 Å². The Balaban J connectivity index is 1.74. The van der Waals surface area contributed by atoms with Crippen molar-refractivity contribution in [3.63, 3.8) is 0 Å². The Kier molecular flexibility index (Phi) is 7.92. The van der Waals surface area contributed by atoms with E-state index in [-0.39, 0.29) is 11.0 Å². The summed E-state index contributed by atoms with van der Waals surface area (Å²) in [5.74, 6) is -10.2. The van der Waals surface area contributed by atoms with Gasteiger partial charge in [-0.05, 0) is 24.4 Å². The van der Waals surface area contributed by atoms with Gasteiger partial charge in [-0.15, -0.1) is 0 Å². The van der Waals surface area contributed by atoms with Gasteiger partial charge in [-0.25, -0.2) is 8.78 Å². The van der Waals surface area contributed by atoms with Crippen LogP contribution < -0.4 is 20.3 Å². The zero-order valence-electron chi connectivity index (χ0n) is 18.4. The Morgan fingerprint density at radius 3 is 2.15 bits per heavy atom. The van der Waals surface area contributed by atoms with Crippen LogP contribution in [0.15, 0.2) is 24.3 Å². The van der Waals surface area contributed by atoms with Crippen molar-refractivity contribution in [3.8, 4) is 5.75 Å². The van der Waals surface area contributed by atoms with Crippen LogP contribution in [0.25, 0.3) is 0 Å². The normalized spacial score (nSPS) is 13.5. The third-order valence-corrected chi connectivity index (χ3v) is 5.51. The molecule has 0 spiro atoms. The highest BCUT2D eigenvalue weighted by molar-refractivity contribution is 7.80. The van der Waals surface area contributed by atoms with E-state index in [9.17, 15) is 27.2 Å². The average Bonchev–Trinajstić information content (AvgIpc) is 2.83. The zero-order chi connectivity index (χ0) is 25.0. The topological polar surface area (TPSA) is 73.9 Å². The number of nitrogens with one attached hydrogen (secondary N) is 2. The molecule has 1 aliphatic heterocycles. The highest BCUT2D eigenvalue weighted by atomic mass is 32.1. The molecule has 3 rings (SSSR count). The van der Waals surface area contributed by atoms with Crippen molar-refractivity contribution >= 4 is 40.5 Å². The van der Waals surface area contributed by atoms with E-state index < -0.39 is 40.5 Å². The molecule has 0 saturated carbocycles. The molecule has 1 heterocycles. The first-order chi connectivity index (χ1) is 16.2. The van der Waals surface area contributed by atoms with Gasteiger partial charge in [0, 0.05) is 32.6 Å². The predicted molar refractivity (Wildman–Crippen MR) is 122 cm³/mol. The van der Waals surface area contributed by atoms with Crippen LogP contribution >= 0.6 is 12.2 Å². The molecule has 2 N–H and O–H groups in total. The fourth-order valence-electron chi connectivity index (χ4n) is 3.58. The number of halogens is 4. The summed E-state index contributed by atoms with van der Waals surface area (Å²) in [5.41, 5.74) is -0.261. The first-order valence-corrected chi connectivity index (χ1v) is 10.7. The standard InChI is InChI=1S/C22H22F4N4O3S/c1-3-14(31)30-10-8-29(9-11-30)13-7-5-4-6-12(13)27-22(34)28-21(32)15-16(23)18(25)20(33-2)19(26)17(15)24/h4-7H,3,8-11H2,1-2H3,(H2,27,28,32,34). The quantitative estimate of drug-likeness (QED) is 0.374. The van der Waals surface area contributed by atoms with E-state index in [0.29, 0.717) is 38.3 Å². The Bertz CT molecular complexity index is 1090. The molecule has 12 heteroatoms. The number of amides is 2. The van der Waals surface area contributed by atoms with E-state index in [0.717, 1.165) is 12.8 Å². The summed E-state index contributed by atoms with van der Waals surface area (Å²) in [4.78, 5) is 28.0. The summed E-state index contributed by atoms with van der Waals surface area (Å²) in [6, 6.07) is 6.98. The molecule has 0 radical (unpaired) electrons. The van der Waals surface area contributed by atoms with E-state index in [4.69, 9.17) is 12.2 Å². The van der Waals surface area contributed by atoms with Gasteiger partial charge in [-0.3, -0.25) is 14.9 Å². The number of methoxy groups -OCH3 is 1. The van der Waals surface area contributed by atoms with Crippen molar-refractivity contribution in [1.29, 1.82) is 0 Å². The average molecular weight is 499 g/mol. The fourth-order valence-corrected chi connectivity index (χ4v) is 3.79. The molecule has 1 aliphatic rings. The van der Waals surface area contributed by atoms with Gasteiger partial charge >= 0.3 is 0 Å². The maximum atomic E-state index is 14.2. The lowest BCUT2D eigenvalue weighted by Crippen LogP contribution is -2.48. The molecule has 2 aromatic carbocycles. The molecule has 34 heavy (non-hydrogen) atoms. The third-order valence-electron chi connectivity index (χ3n) is 5.31. The first kappa shape index (κ1) is 25.2. The number of rotatable bonds is 5. The molecule has 1 fully saturated rings. The summed E-state index contributed by atoms with van der Waals surface area (Å²) in [6.45, 7) is 4.00. The molecule has 2 aromatic rings. The molecule has 182 valence electrons. The molecule has 0 aliphatic carbocycles. The van der Waals surface area contributed by atoms with E-state index in [2.05, 4.69) is 10.1 Å². The van der Waals surface area contributed by atoms with Crippen LogP contribution in [-0.4, -0.2) is 55.1 Å². The maximum Gasteiger partial charge on any atom is 0.263 e. The van der Waals surface area contributed by atoms with Gasteiger partial charge in [-0.1, -0.05) is 19.1 Å². The minimum Gasteiger partial charge on any atom is -0.491 e. The Morgan fingerprint density at radius 2 is 1.59 bits per heavy atom. The van der Waals surface area contributed by atoms with Crippen LogP contribution in [0.3, 0.4) is 0 Å². The molecule has 7 nitrogen and oxygen atoms in total. The number of thiocarbonyl (C=S) groups is 1. The summed E-state index contributed by atoms with van der Waals surface area (Å²) in [5, 5.41) is 4.46. The molecule has 2 amide bonds. The van der Waals surface area contributed by atoms with Crippen LogP contribution in [-0.2, 0) is 4.79 Å². The van der Waals surface area contributed by atoms with E-state index in [1.807, 2.05) is 10.2 Å².